The molecule has 0 bridgehead atoms. The molecular formula is C16H16BrN3S2. The van der Waals surface area contributed by atoms with Gasteiger partial charge < -0.3 is 4.57 Å². The number of halogens is 1. The van der Waals surface area contributed by atoms with Crippen molar-refractivity contribution in [2.24, 2.45) is 0 Å². The summed E-state index contributed by atoms with van der Waals surface area (Å²) in [5.41, 5.74) is 1.28. The van der Waals surface area contributed by atoms with E-state index >= 15 is 0 Å². The molecule has 0 aliphatic heterocycles. The lowest BCUT2D eigenvalue weighted by Crippen LogP contribution is -2.01. The molecule has 0 N–H and O–H groups in total. The SMILES string of the molecule is CCCn1c(SCc2cccc(Br)c2)nnc1-c1cccs1. The highest BCUT2D eigenvalue weighted by molar-refractivity contribution is 9.10. The molecule has 22 heavy (non-hydrogen) atoms. The fourth-order valence-corrected chi connectivity index (χ4v) is 4.25. The van der Waals surface area contributed by atoms with Gasteiger partial charge in [-0.15, -0.1) is 21.5 Å². The first-order chi connectivity index (χ1) is 10.8. The van der Waals surface area contributed by atoms with Crippen LogP contribution in [0.15, 0.2) is 51.4 Å². The minimum Gasteiger partial charge on any atom is -0.301 e. The molecule has 0 amide bonds. The molecule has 0 radical (unpaired) electrons. The van der Waals surface area contributed by atoms with Crippen LogP contribution in [0.4, 0.5) is 0 Å². The number of thioether (sulfide) groups is 1. The largest absolute Gasteiger partial charge is 0.301 e. The highest BCUT2D eigenvalue weighted by atomic mass is 79.9. The van der Waals surface area contributed by atoms with Crippen LogP contribution in [0.2, 0.25) is 0 Å². The summed E-state index contributed by atoms with van der Waals surface area (Å²) in [5.74, 6) is 1.87. The molecule has 0 aliphatic rings. The summed E-state index contributed by atoms with van der Waals surface area (Å²) in [7, 11) is 0. The molecule has 0 aliphatic carbocycles. The molecule has 0 unspecified atom stereocenters. The third kappa shape index (κ3) is 3.62. The summed E-state index contributed by atoms with van der Waals surface area (Å²) in [6.45, 7) is 3.13. The van der Waals surface area contributed by atoms with Crippen LogP contribution in [-0.4, -0.2) is 14.8 Å². The summed E-state index contributed by atoms with van der Waals surface area (Å²) in [5, 5.41) is 11.9. The molecule has 1 aromatic carbocycles. The van der Waals surface area contributed by atoms with Gasteiger partial charge in [-0.2, -0.15) is 0 Å². The van der Waals surface area contributed by atoms with Crippen LogP contribution in [0.3, 0.4) is 0 Å². The second-order valence-electron chi connectivity index (χ2n) is 4.85. The van der Waals surface area contributed by atoms with E-state index in [2.05, 4.69) is 73.3 Å². The Balaban J connectivity index is 1.81. The predicted octanol–water partition coefficient (Wildman–Crippen LogP) is 5.47. The lowest BCUT2D eigenvalue weighted by atomic mass is 10.2. The van der Waals surface area contributed by atoms with Crippen LogP contribution in [0.25, 0.3) is 10.7 Å². The predicted molar refractivity (Wildman–Crippen MR) is 97.3 cm³/mol. The monoisotopic (exact) mass is 393 g/mol. The van der Waals surface area contributed by atoms with E-state index in [1.807, 2.05) is 6.07 Å². The zero-order valence-corrected chi connectivity index (χ0v) is 15.4. The van der Waals surface area contributed by atoms with Crippen molar-refractivity contribution >= 4 is 39.0 Å². The lowest BCUT2D eigenvalue weighted by molar-refractivity contribution is 0.627. The lowest BCUT2D eigenvalue weighted by Gasteiger charge is -2.08. The van der Waals surface area contributed by atoms with Crippen LogP contribution < -0.4 is 0 Å². The maximum absolute atomic E-state index is 4.40. The summed E-state index contributed by atoms with van der Waals surface area (Å²) in [4.78, 5) is 1.18. The van der Waals surface area contributed by atoms with E-state index in [4.69, 9.17) is 0 Å². The van der Waals surface area contributed by atoms with Crippen LogP contribution in [0.5, 0.6) is 0 Å². The Morgan fingerprint density at radius 1 is 1.23 bits per heavy atom. The van der Waals surface area contributed by atoms with Crippen molar-refractivity contribution in [3.8, 4) is 10.7 Å². The Morgan fingerprint density at radius 3 is 2.86 bits per heavy atom. The summed E-state index contributed by atoms with van der Waals surface area (Å²) in [6.07, 6.45) is 1.07. The molecule has 3 aromatic rings. The van der Waals surface area contributed by atoms with Crippen molar-refractivity contribution in [1.29, 1.82) is 0 Å². The summed E-state index contributed by atoms with van der Waals surface area (Å²) >= 11 is 6.96. The number of nitrogens with zero attached hydrogens (tertiary/aromatic N) is 3. The van der Waals surface area contributed by atoms with Gasteiger partial charge in [0, 0.05) is 16.8 Å². The van der Waals surface area contributed by atoms with E-state index in [0.717, 1.165) is 34.2 Å². The van der Waals surface area contributed by atoms with Crippen molar-refractivity contribution < 1.29 is 0 Å². The van der Waals surface area contributed by atoms with Gasteiger partial charge in [-0.05, 0) is 35.6 Å². The molecule has 0 fully saturated rings. The number of aromatic nitrogens is 3. The van der Waals surface area contributed by atoms with E-state index in [0.29, 0.717) is 0 Å². The highest BCUT2D eigenvalue weighted by Gasteiger charge is 2.14. The van der Waals surface area contributed by atoms with Gasteiger partial charge in [0.1, 0.15) is 0 Å². The van der Waals surface area contributed by atoms with Gasteiger partial charge in [0.25, 0.3) is 0 Å². The zero-order chi connectivity index (χ0) is 15.4. The number of benzene rings is 1. The van der Waals surface area contributed by atoms with Crippen LogP contribution >= 0.6 is 39.0 Å². The van der Waals surface area contributed by atoms with E-state index in [1.54, 1.807) is 23.1 Å². The number of hydrogen-bond acceptors (Lipinski definition) is 4. The molecule has 0 saturated heterocycles. The third-order valence-corrected chi connectivity index (χ3v) is 5.56. The first-order valence-corrected chi connectivity index (χ1v) is 9.78. The number of rotatable bonds is 6. The van der Waals surface area contributed by atoms with Gasteiger partial charge in [-0.25, -0.2) is 0 Å². The third-order valence-electron chi connectivity index (χ3n) is 3.16. The van der Waals surface area contributed by atoms with Crippen molar-refractivity contribution in [3.63, 3.8) is 0 Å². The molecule has 0 spiro atoms. The van der Waals surface area contributed by atoms with Gasteiger partial charge in [0.15, 0.2) is 11.0 Å². The second-order valence-corrected chi connectivity index (χ2v) is 7.66. The molecule has 2 aromatic heterocycles. The Bertz CT molecular complexity index is 738. The molecule has 0 saturated carbocycles. The van der Waals surface area contributed by atoms with Gasteiger partial charge in [-0.1, -0.05) is 52.8 Å². The van der Waals surface area contributed by atoms with Crippen LogP contribution in [0, 0.1) is 0 Å². The van der Waals surface area contributed by atoms with Crippen molar-refractivity contribution in [3.05, 3.63) is 51.8 Å². The van der Waals surface area contributed by atoms with Crippen molar-refractivity contribution in [1.82, 2.24) is 14.8 Å². The van der Waals surface area contributed by atoms with Gasteiger partial charge in [0.2, 0.25) is 0 Å². The first-order valence-electron chi connectivity index (χ1n) is 7.12. The molecule has 2 heterocycles. The average Bonchev–Trinajstić information content (AvgIpc) is 3.15. The molecule has 114 valence electrons. The van der Waals surface area contributed by atoms with Gasteiger partial charge in [-0.3, -0.25) is 0 Å². The molecule has 3 nitrogen and oxygen atoms in total. The number of thiophene rings is 1. The Labute approximate surface area is 146 Å². The van der Waals surface area contributed by atoms with Crippen LogP contribution in [0.1, 0.15) is 18.9 Å². The Kier molecular flexibility index (Phi) is 5.33. The maximum Gasteiger partial charge on any atom is 0.191 e. The fourth-order valence-electron chi connectivity index (χ4n) is 2.18. The fraction of sp³-hybridized carbons (Fsp3) is 0.250. The van der Waals surface area contributed by atoms with Gasteiger partial charge in [0.05, 0.1) is 4.88 Å². The molecular weight excluding hydrogens is 378 g/mol. The van der Waals surface area contributed by atoms with Gasteiger partial charge >= 0.3 is 0 Å². The normalized spacial score (nSPS) is 11.0. The second kappa shape index (κ2) is 7.44. The molecule has 6 heteroatoms. The minimum atomic E-state index is 0.895. The quantitative estimate of drug-likeness (QED) is 0.520. The van der Waals surface area contributed by atoms with Crippen LogP contribution in [-0.2, 0) is 12.3 Å². The van der Waals surface area contributed by atoms with Crippen molar-refractivity contribution in [2.45, 2.75) is 30.8 Å². The van der Waals surface area contributed by atoms with Crippen molar-refractivity contribution in [2.75, 3.05) is 0 Å². The molecule has 3 rings (SSSR count). The number of hydrogen-bond donors (Lipinski definition) is 0. The van der Waals surface area contributed by atoms with E-state index in [9.17, 15) is 0 Å². The smallest absolute Gasteiger partial charge is 0.191 e. The van der Waals surface area contributed by atoms with E-state index in [1.165, 1.54) is 10.4 Å². The average molecular weight is 394 g/mol. The topological polar surface area (TPSA) is 30.7 Å². The maximum atomic E-state index is 4.40. The first kappa shape index (κ1) is 15.8. The van der Waals surface area contributed by atoms with E-state index < -0.39 is 0 Å². The Hall–Kier alpha value is -1.11. The minimum absolute atomic E-state index is 0.895. The van der Waals surface area contributed by atoms with E-state index in [-0.39, 0.29) is 0 Å². The Morgan fingerprint density at radius 2 is 2.14 bits per heavy atom. The molecule has 0 atom stereocenters. The zero-order valence-electron chi connectivity index (χ0n) is 12.2. The standard InChI is InChI=1S/C16H16BrN3S2/c1-2-8-20-15(14-7-4-9-21-14)18-19-16(20)22-11-12-5-3-6-13(17)10-12/h3-7,9-10H,2,8,11H2,1H3. The highest BCUT2D eigenvalue weighted by Crippen LogP contribution is 2.29. The summed E-state index contributed by atoms with van der Waals surface area (Å²) in [6, 6.07) is 12.5. The summed E-state index contributed by atoms with van der Waals surface area (Å²) < 4.78 is 3.34.